The van der Waals surface area contributed by atoms with Crippen LogP contribution in [0.25, 0.3) is 0 Å². The topological polar surface area (TPSA) is 96.8 Å². The second-order valence-corrected chi connectivity index (χ2v) is 7.05. The highest BCUT2D eigenvalue weighted by Gasteiger charge is 2.36. The van der Waals surface area contributed by atoms with Crippen LogP contribution in [0.4, 0.5) is 0 Å². The standard InChI is InChI=1S/C20H23N3O5S/c1-5-7-23-19(26)16(18(25)21-20(23)29)17-13-10-15(28-4)14(27-3)9-12(13)6-8-22(17)11(2)24/h5,9-10,17,26H,1,6-8H2,2-4H3,(H,21,25,29). The Labute approximate surface area is 173 Å². The molecule has 0 aliphatic carbocycles. The SMILES string of the molecule is C=CCn1c(O)c(C2c3cc(OC)c(OC)cc3CCN2C(C)=O)c(=O)[nH]c1=S. The summed E-state index contributed by atoms with van der Waals surface area (Å²) in [5.41, 5.74) is 1.09. The Morgan fingerprint density at radius 1 is 1.38 bits per heavy atom. The number of hydrogen-bond donors (Lipinski definition) is 2. The van der Waals surface area contributed by atoms with Crippen molar-refractivity contribution in [2.45, 2.75) is 25.9 Å². The van der Waals surface area contributed by atoms with Gasteiger partial charge in [-0.1, -0.05) is 6.08 Å². The molecule has 1 aliphatic heterocycles. The number of nitrogens with one attached hydrogen (secondary N) is 1. The summed E-state index contributed by atoms with van der Waals surface area (Å²) in [5.74, 6) is 0.517. The molecule has 2 N–H and O–H groups in total. The first-order valence-corrected chi connectivity index (χ1v) is 9.43. The van der Waals surface area contributed by atoms with E-state index in [2.05, 4.69) is 11.6 Å². The summed E-state index contributed by atoms with van der Waals surface area (Å²) in [6.07, 6.45) is 2.14. The monoisotopic (exact) mass is 417 g/mol. The minimum atomic E-state index is -0.800. The highest BCUT2D eigenvalue weighted by molar-refractivity contribution is 7.71. The van der Waals surface area contributed by atoms with Crippen molar-refractivity contribution < 1.29 is 19.4 Å². The normalized spacial score (nSPS) is 15.6. The van der Waals surface area contributed by atoms with E-state index in [-0.39, 0.29) is 28.7 Å². The Kier molecular flexibility index (Phi) is 5.78. The molecule has 1 aromatic heterocycles. The second-order valence-electron chi connectivity index (χ2n) is 6.67. The molecule has 8 nitrogen and oxygen atoms in total. The number of carbonyl (C=O) groups excluding carboxylic acids is 1. The smallest absolute Gasteiger partial charge is 0.261 e. The maximum absolute atomic E-state index is 12.9. The third-order valence-electron chi connectivity index (χ3n) is 5.07. The minimum Gasteiger partial charge on any atom is -0.494 e. The third-order valence-corrected chi connectivity index (χ3v) is 5.39. The van der Waals surface area contributed by atoms with Gasteiger partial charge < -0.3 is 19.5 Å². The van der Waals surface area contributed by atoms with Gasteiger partial charge in [0, 0.05) is 20.0 Å². The Hall–Kier alpha value is -3.07. The summed E-state index contributed by atoms with van der Waals surface area (Å²) in [4.78, 5) is 29.4. The quantitative estimate of drug-likeness (QED) is 0.572. The fraction of sp³-hybridized carbons (Fsp3) is 0.350. The van der Waals surface area contributed by atoms with Crippen molar-refractivity contribution in [2.75, 3.05) is 20.8 Å². The van der Waals surface area contributed by atoms with Crippen LogP contribution in [0.2, 0.25) is 0 Å². The van der Waals surface area contributed by atoms with Gasteiger partial charge in [-0.25, -0.2) is 0 Å². The summed E-state index contributed by atoms with van der Waals surface area (Å²) in [7, 11) is 3.06. The van der Waals surface area contributed by atoms with Crippen LogP contribution in [0.1, 0.15) is 29.7 Å². The van der Waals surface area contributed by atoms with E-state index in [1.807, 2.05) is 6.07 Å². The first-order valence-electron chi connectivity index (χ1n) is 9.02. The van der Waals surface area contributed by atoms with Crippen molar-refractivity contribution in [1.82, 2.24) is 14.5 Å². The summed E-state index contributed by atoms with van der Waals surface area (Å²) in [5, 5.41) is 10.9. The summed E-state index contributed by atoms with van der Waals surface area (Å²) >= 11 is 5.17. The third kappa shape index (κ3) is 3.53. The van der Waals surface area contributed by atoms with Crippen LogP contribution in [0.3, 0.4) is 0 Å². The van der Waals surface area contributed by atoms with Crippen LogP contribution in [-0.2, 0) is 17.8 Å². The number of methoxy groups -OCH3 is 2. The van der Waals surface area contributed by atoms with E-state index in [0.717, 1.165) is 5.56 Å². The molecule has 0 fully saturated rings. The molecular weight excluding hydrogens is 394 g/mol. The highest BCUT2D eigenvalue weighted by Crippen LogP contribution is 2.42. The molecule has 1 aromatic carbocycles. The molecule has 2 heterocycles. The maximum Gasteiger partial charge on any atom is 0.261 e. The maximum atomic E-state index is 12.9. The molecule has 154 valence electrons. The molecule has 9 heteroatoms. The summed E-state index contributed by atoms with van der Waals surface area (Å²) in [6.45, 7) is 5.69. The number of fused-ring (bicyclic) bond motifs is 1. The van der Waals surface area contributed by atoms with Gasteiger partial charge in [0.2, 0.25) is 11.8 Å². The van der Waals surface area contributed by atoms with E-state index < -0.39 is 11.6 Å². The lowest BCUT2D eigenvalue weighted by Crippen LogP contribution is -2.42. The molecule has 0 bridgehead atoms. The molecule has 1 unspecified atom stereocenters. The van der Waals surface area contributed by atoms with Crippen molar-refractivity contribution >= 4 is 18.1 Å². The van der Waals surface area contributed by atoms with E-state index in [1.165, 1.54) is 18.6 Å². The second kappa shape index (κ2) is 8.12. The van der Waals surface area contributed by atoms with Crippen LogP contribution in [0.5, 0.6) is 17.4 Å². The number of benzene rings is 1. The van der Waals surface area contributed by atoms with Crippen molar-refractivity contribution in [3.05, 3.63) is 56.6 Å². The van der Waals surface area contributed by atoms with Gasteiger partial charge in [-0.15, -0.1) is 6.58 Å². The van der Waals surface area contributed by atoms with Crippen LogP contribution >= 0.6 is 12.2 Å². The molecule has 2 aromatic rings. The van der Waals surface area contributed by atoms with Gasteiger partial charge in [0.15, 0.2) is 16.3 Å². The predicted molar refractivity (Wildman–Crippen MR) is 110 cm³/mol. The van der Waals surface area contributed by atoms with E-state index >= 15 is 0 Å². The fourth-order valence-corrected chi connectivity index (χ4v) is 3.97. The zero-order chi connectivity index (χ0) is 21.3. The van der Waals surface area contributed by atoms with E-state index in [1.54, 1.807) is 24.2 Å². The number of amides is 1. The Bertz CT molecular complexity index is 1090. The molecule has 1 atom stereocenters. The number of ether oxygens (including phenoxy) is 2. The van der Waals surface area contributed by atoms with Crippen LogP contribution in [0, 0.1) is 4.77 Å². The van der Waals surface area contributed by atoms with Gasteiger partial charge >= 0.3 is 0 Å². The number of aromatic hydroxyl groups is 1. The number of allylic oxidation sites excluding steroid dienone is 1. The number of nitrogens with zero attached hydrogens (tertiary/aromatic N) is 2. The minimum absolute atomic E-state index is 0.0452. The molecule has 29 heavy (non-hydrogen) atoms. The van der Waals surface area contributed by atoms with E-state index in [0.29, 0.717) is 30.0 Å². The van der Waals surface area contributed by atoms with Gasteiger partial charge in [-0.3, -0.25) is 19.1 Å². The number of rotatable bonds is 5. The van der Waals surface area contributed by atoms with Gasteiger partial charge in [0.1, 0.15) is 5.56 Å². The molecular formula is C20H23N3O5S. The molecule has 0 saturated heterocycles. The molecule has 1 amide bonds. The average Bonchev–Trinajstić information content (AvgIpc) is 2.69. The molecule has 3 rings (SSSR count). The van der Waals surface area contributed by atoms with Crippen LogP contribution < -0.4 is 15.0 Å². The number of aromatic nitrogens is 2. The highest BCUT2D eigenvalue weighted by atomic mass is 32.1. The molecule has 0 saturated carbocycles. The number of hydrogen-bond acceptors (Lipinski definition) is 6. The summed E-state index contributed by atoms with van der Waals surface area (Å²) in [6, 6.07) is 2.78. The van der Waals surface area contributed by atoms with Crippen molar-refractivity contribution in [3.8, 4) is 17.4 Å². The number of aromatic amines is 1. The van der Waals surface area contributed by atoms with Gasteiger partial charge in [0.25, 0.3) is 5.56 Å². The Morgan fingerprint density at radius 2 is 2.03 bits per heavy atom. The average molecular weight is 417 g/mol. The largest absolute Gasteiger partial charge is 0.494 e. The zero-order valence-corrected chi connectivity index (χ0v) is 17.3. The van der Waals surface area contributed by atoms with Crippen LogP contribution in [-0.4, -0.2) is 46.2 Å². The Morgan fingerprint density at radius 3 is 2.62 bits per heavy atom. The lowest BCUT2D eigenvalue weighted by atomic mass is 9.88. The van der Waals surface area contributed by atoms with Crippen molar-refractivity contribution in [3.63, 3.8) is 0 Å². The lowest BCUT2D eigenvalue weighted by molar-refractivity contribution is -0.130. The molecule has 0 radical (unpaired) electrons. The van der Waals surface area contributed by atoms with Crippen molar-refractivity contribution in [1.29, 1.82) is 0 Å². The lowest BCUT2D eigenvalue weighted by Gasteiger charge is -2.37. The predicted octanol–water partition coefficient (Wildman–Crippen LogP) is 2.31. The van der Waals surface area contributed by atoms with Crippen LogP contribution in [0.15, 0.2) is 29.6 Å². The first kappa shape index (κ1) is 20.7. The number of H-pyrrole nitrogens is 1. The summed E-state index contributed by atoms with van der Waals surface area (Å²) < 4.78 is 12.2. The van der Waals surface area contributed by atoms with Gasteiger partial charge in [-0.05, 0) is 41.9 Å². The Balaban J connectivity index is 2.34. The fourth-order valence-electron chi connectivity index (χ4n) is 3.72. The first-order chi connectivity index (χ1) is 13.8. The van der Waals surface area contributed by atoms with E-state index in [9.17, 15) is 14.7 Å². The number of carbonyl (C=O) groups is 1. The molecule has 0 spiro atoms. The molecule has 1 aliphatic rings. The van der Waals surface area contributed by atoms with Crippen molar-refractivity contribution in [2.24, 2.45) is 0 Å². The zero-order valence-electron chi connectivity index (χ0n) is 16.5. The van der Waals surface area contributed by atoms with Gasteiger partial charge in [0.05, 0.1) is 20.3 Å². The van der Waals surface area contributed by atoms with E-state index in [4.69, 9.17) is 21.7 Å². The van der Waals surface area contributed by atoms with Gasteiger partial charge in [-0.2, -0.15) is 0 Å².